The zero-order valence-corrected chi connectivity index (χ0v) is 24.8. The normalized spacial score (nSPS) is 10.7. The topological polar surface area (TPSA) is 80.3 Å². The van der Waals surface area contributed by atoms with Crippen LogP contribution < -0.4 is 14.2 Å². The fourth-order valence-electron chi connectivity index (χ4n) is 4.41. The minimum atomic E-state index is 0.241. The van der Waals surface area contributed by atoms with Gasteiger partial charge in [0.1, 0.15) is 0 Å². The first-order valence-electron chi connectivity index (χ1n) is 14.4. The highest BCUT2D eigenvalue weighted by Gasteiger charge is 2.21. The van der Waals surface area contributed by atoms with Crippen LogP contribution in [0.5, 0.6) is 23.0 Å². The van der Waals surface area contributed by atoms with Gasteiger partial charge in [-0.2, -0.15) is 0 Å². The molecular formula is C36H38O7. The summed E-state index contributed by atoms with van der Waals surface area (Å²) >= 11 is 0. The Bertz CT molecular complexity index is 1340. The number of aryl methyl sites for hydroxylation is 2. The zero-order chi connectivity index (χ0) is 30.3. The molecule has 0 aliphatic carbocycles. The molecule has 0 unspecified atom stereocenters. The Kier molecular flexibility index (Phi) is 12.3. The van der Waals surface area contributed by atoms with Crippen LogP contribution in [0.3, 0.4) is 0 Å². The number of carbonyl (C=O) groups excluding carboxylic acids is 2. The molecule has 7 nitrogen and oxygen atoms in total. The van der Waals surface area contributed by atoms with E-state index in [4.69, 9.17) is 23.7 Å². The quantitative estimate of drug-likeness (QED) is 0.0879. The van der Waals surface area contributed by atoms with E-state index in [1.54, 1.807) is 12.1 Å². The average molecular weight is 583 g/mol. The SMILES string of the molecule is Cc1ccc(C=O)c(Oc2c(C=O)ccc(C)c2OCCCOCc2ccccc2)c1OCCCOCc1ccccc1. The summed E-state index contributed by atoms with van der Waals surface area (Å²) in [5.41, 5.74) is 4.42. The summed E-state index contributed by atoms with van der Waals surface area (Å²) in [7, 11) is 0. The van der Waals surface area contributed by atoms with E-state index < -0.39 is 0 Å². The summed E-state index contributed by atoms with van der Waals surface area (Å²) in [6.07, 6.45) is 2.71. The lowest BCUT2D eigenvalue weighted by Crippen LogP contribution is -2.08. The lowest BCUT2D eigenvalue weighted by molar-refractivity contribution is 0.106. The minimum absolute atomic E-state index is 0.241. The number of hydrogen-bond acceptors (Lipinski definition) is 7. The molecule has 4 aromatic rings. The third-order valence-electron chi connectivity index (χ3n) is 6.72. The Balaban J connectivity index is 1.41. The van der Waals surface area contributed by atoms with Gasteiger partial charge < -0.3 is 23.7 Å². The monoisotopic (exact) mass is 582 g/mol. The molecule has 0 saturated heterocycles. The molecule has 0 fully saturated rings. The molecule has 0 aliphatic rings. The molecule has 0 saturated carbocycles. The molecule has 4 aromatic carbocycles. The highest BCUT2D eigenvalue weighted by atomic mass is 16.5. The maximum atomic E-state index is 12.0. The third-order valence-corrected chi connectivity index (χ3v) is 6.72. The Hall–Kier alpha value is -4.46. The first-order chi connectivity index (χ1) is 21.1. The predicted octanol–water partition coefficient (Wildman–Crippen LogP) is 7.69. The van der Waals surface area contributed by atoms with E-state index in [2.05, 4.69) is 0 Å². The van der Waals surface area contributed by atoms with Crippen molar-refractivity contribution in [1.29, 1.82) is 0 Å². The summed E-state index contributed by atoms with van der Waals surface area (Å²) in [4.78, 5) is 24.1. The number of ether oxygens (including phenoxy) is 5. The molecule has 0 N–H and O–H groups in total. The second-order valence-corrected chi connectivity index (χ2v) is 10.1. The average Bonchev–Trinajstić information content (AvgIpc) is 3.04. The van der Waals surface area contributed by atoms with Gasteiger partial charge in [0.25, 0.3) is 0 Å². The van der Waals surface area contributed by atoms with E-state index in [-0.39, 0.29) is 11.5 Å². The van der Waals surface area contributed by atoms with Crippen LogP contribution in [0.15, 0.2) is 84.9 Å². The van der Waals surface area contributed by atoms with Crippen molar-refractivity contribution >= 4 is 12.6 Å². The first-order valence-corrected chi connectivity index (χ1v) is 14.4. The van der Waals surface area contributed by atoms with Crippen LogP contribution in [-0.2, 0) is 22.7 Å². The Morgan fingerprint density at radius 2 is 0.930 bits per heavy atom. The van der Waals surface area contributed by atoms with Gasteiger partial charge in [0.05, 0.1) is 50.8 Å². The van der Waals surface area contributed by atoms with Crippen LogP contribution >= 0.6 is 0 Å². The Labute approximate surface area is 253 Å². The van der Waals surface area contributed by atoms with Crippen LogP contribution in [0.4, 0.5) is 0 Å². The van der Waals surface area contributed by atoms with Crippen LogP contribution in [0, 0.1) is 13.8 Å². The van der Waals surface area contributed by atoms with Gasteiger partial charge in [-0.05, 0) is 48.2 Å². The van der Waals surface area contributed by atoms with E-state index >= 15 is 0 Å². The van der Waals surface area contributed by atoms with Crippen molar-refractivity contribution in [3.05, 3.63) is 118 Å². The zero-order valence-electron chi connectivity index (χ0n) is 24.8. The first kappa shape index (κ1) is 31.5. The van der Waals surface area contributed by atoms with Crippen LogP contribution in [0.25, 0.3) is 0 Å². The summed E-state index contributed by atoms with van der Waals surface area (Å²) in [6, 6.07) is 26.9. The van der Waals surface area contributed by atoms with E-state index in [9.17, 15) is 9.59 Å². The van der Waals surface area contributed by atoms with Crippen molar-refractivity contribution in [3.63, 3.8) is 0 Å². The molecular weight excluding hydrogens is 544 g/mol. The minimum Gasteiger partial charge on any atom is -0.489 e. The van der Waals surface area contributed by atoms with Gasteiger partial charge in [-0.25, -0.2) is 0 Å². The molecule has 0 aliphatic heterocycles. The number of benzene rings is 4. The maximum Gasteiger partial charge on any atom is 0.180 e. The number of carbonyl (C=O) groups is 2. The van der Waals surface area contributed by atoms with Crippen molar-refractivity contribution in [1.82, 2.24) is 0 Å². The van der Waals surface area contributed by atoms with E-state index in [1.807, 2.05) is 86.6 Å². The smallest absolute Gasteiger partial charge is 0.180 e. The van der Waals surface area contributed by atoms with E-state index in [1.165, 1.54) is 0 Å². The molecule has 0 bridgehead atoms. The fourth-order valence-corrected chi connectivity index (χ4v) is 4.41. The van der Waals surface area contributed by atoms with E-state index in [0.717, 1.165) is 22.3 Å². The van der Waals surface area contributed by atoms with Crippen molar-refractivity contribution < 1.29 is 33.3 Å². The Morgan fingerprint density at radius 1 is 0.512 bits per heavy atom. The summed E-state index contributed by atoms with van der Waals surface area (Å²) < 4.78 is 30.1. The van der Waals surface area contributed by atoms with Crippen molar-refractivity contribution in [2.45, 2.75) is 39.9 Å². The van der Waals surface area contributed by atoms with Crippen LogP contribution in [0.1, 0.15) is 55.8 Å². The molecule has 224 valence electrons. The summed E-state index contributed by atoms with van der Waals surface area (Å²) in [5, 5.41) is 0. The second kappa shape index (κ2) is 16.9. The number of rotatable bonds is 18. The van der Waals surface area contributed by atoms with Gasteiger partial charge >= 0.3 is 0 Å². The standard InChI is InChI=1S/C36H38O7/c1-27-15-17-31(23-37)35(33(27)41-21-9-19-39-25-29-11-5-3-6-12-29)43-36-32(24-38)18-16-28(2)34(36)42-22-10-20-40-26-30-13-7-4-8-14-30/h3-8,11-18,23-24H,9-10,19-22,25-26H2,1-2H3. The van der Waals surface area contributed by atoms with Crippen molar-refractivity contribution in [2.24, 2.45) is 0 Å². The predicted molar refractivity (Wildman–Crippen MR) is 166 cm³/mol. The van der Waals surface area contributed by atoms with E-state index in [0.29, 0.717) is 87.7 Å². The van der Waals surface area contributed by atoms with Crippen molar-refractivity contribution in [2.75, 3.05) is 26.4 Å². The summed E-state index contributed by atoms with van der Waals surface area (Å²) in [6.45, 7) is 6.55. The lowest BCUT2D eigenvalue weighted by Gasteiger charge is -2.20. The highest BCUT2D eigenvalue weighted by molar-refractivity contribution is 5.85. The van der Waals surface area contributed by atoms with Gasteiger partial charge in [0, 0.05) is 12.8 Å². The van der Waals surface area contributed by atoms with Crippen molar-refractivity contribution in [3.8, 4) is 23.0 Å². The number of hydrogen-bond donors (Lipinski definition) is 0. The maximum absolute atomic E-state index is 12.0. The van der Waals surface area contributed by atoms with Gasteiger partial charge in [-0.3, -0.25) is 9.59 Å². The molecule has 7 heteroatoms. The fraction of sp³-hybridized carbons (Fsp3) is 0.278. The number of aldehydes is 2. The molecule has 0 radical (unpaired) electrons. The molecule has 0 heterocycles. The highest BCUT2D eigenvalue weighted by Crippen LogP contribution is 2.43. The van der Waals surface area contributed by atoms with Crippen LogP contribution in [-0.4, -0.2) is 39.0 Å². The van der Waals surface area contributed by atoms with Gasteiger partial charge in [-0.15, -0.1) is 0 Å². The van der Waals surface area contributed by atoms with Gasteiger partial charge in [0.2, 0.25) is 0 Å². The largest absolute Gasteiger partial charge is 0.489 e. The lowest BCUT2D eigenvalue weighted by atomic mass is 10.1. The van der Waals surface area contributed by atoms with Gasteiger partial charge in [-0.1, -0.05) is 72.8 Å². The second-order valence-electron chi connectivity index (χ2n) is 10.1. The molecule has 0 amide bonds. The van der Waals surface area contributed by atoms with Gasteiger partial charge in [0.15, 0.2) is 35.6 Å². The molecule has 43 heavy (non-hydrogen) atoms. The molecule has 0 spiro atoms. The third kappa shape index (κ3) is 9.26. The molecule has 0 aromatic heterocycles. The molecule has 0 atom stereocenters. The Morgan fingerprint density at radius 3 is 1.33 bits per heavy atom. The van der Waals surface area contributed by atoms with Crippen LogP contribution in [0.2, 0.25) is 0 Å². The summed E-state index contributed by atoms with van der Waals surface area (Å²) in [5.74, 6) is 1.35. The molecule has 4 rings (SSSR count).